The molecule has 1 aromatic heterocycles. The summed E-state index contributed by atoms with van der Waals surface area (Å²) in [4.78, 5) is 16.8. The zero-order valence-electron chi connectivity index (χ0n) is 16.3. The van der Waals surface area contributed by atoms with Gasteiger partial charge >= 0.3 is 6.03 Å². The van der Waals surface area contributed by atoms with Gasteiger partial charge in [0, 0.05) is 24.3 Å². The van der Waals surface area contributed by atoms with Crippen molar-refractivity contribution in [1.29, 1.82) is 0 Å². The van der Waals surface area contributed by atoms with E-state index >= 15 is 0 Å². The molecule has 2 N–H and O–H groups in total. The number of rotatable bonds is 5. The quantitative estimate of drug-likeness (QED) is 0.484. The van der Waals surface area contributed by atoms with Crippen molar-refractivity contribution in [1.82, 2.24) is 14.9 Å². The minimum Gasteiger partial charge on any atom is -0.336 e. The highest BCUT2D eigenvalue weighted by Gasteiger charge is 2.13. The molecule has 4 rings (SSSR count). The molecule has 30 heavy (non-hydrogen) atoms. The second-order valence-electron chi connectivity index (χ2n) is 6.93. The van der Waals surface area contributed by atoms with E-state index in [4.69, 9.17) is 0 Å². The molecule has 2 amide bonds. The highest BCUT2D eigenvalue weighted by atomic mass is 19.1. The molecule has 7 heteroatoms. The van der Waals surface area contributed by atoms with Gasteiger partial charge in [-0.3, -0.25) is 0 Å². The summed E-state index contributed by atoms with van der Waals surface area (Å²) in [6.45, 7) is 2.45. The largest absolute Gasteiger partial charge is 0.336 e. The van der Waals surface area contributed by atoms with E-state index in [1.807, 2.05) is 28.8 Å². The standard InChI is InChI=1S/C23H20F2N4O/c1-15-6-11-18(14-19(15)25)27-23(30)26-12-13-29-21-5-3-2-4-20(21)28-22(29)16-7-9-17(24)10-8-16/h2-11,14H,12-13H2,1H3,(H2,26,27,30). The number of amides is 2. The number of benzene rings is 3. The molecule has 152 valence electrons. The summed E-state index contributed by atoms with van der Waals surface area (Å²) < 4.78 is 28.9. The molecule has 5 nitrogen and oxygen atoms in total. The number of carbonyl (C=O) groups is 1. The Morgan fingerprint density at radius 1 is 1.03 bits per heavy atom. The molecule has 0 radical (unpaired) electrons. The van der Waals surface area contributed by atoms with Crippen LogP contribution in [0.3, 0.4) is 0 Å². The van der Waals surface area contributed by atoms with Crippen LogP contribution < -0.4 is 10.6 Å². The van der Waals surface area contributed by atoms with Crippen LogP contribution in [0.1, 0.15) is 5.56 Å². The third kappa shape index (κ3) is 4.15. The second-order valence-corrected chi connectivity index (χ2v) is 6.93. The molecule has 0 fully saturated rings. The third-order valence-electron chi connectivity index (χ3n) is 4.81. The number of hydrogen-bond acceptors (Lipinski definition) is 2. The molecule has 0 atom stereocenters. The SMILES string of the molecule is Cc1ccc(NC(=O)NCCn2c(-c3ccc(F)cc3)nc3ccccc32)cc1F. The van der Waals surface area contributed by atoms with Crippen LogP contribution in [0.4, 0.5) is 19.3 Å². The number of hydrogen-bond donors (Lipinski definition) is 2. The number of aromatic nitrogens is 2. The lowest BCUT2D eigenvalue weighted by Gasteiger charge is -2.12. The summed E-state index contributed by atoms with van der Waals surface area (Å²) >= 11 is 0. The van der Waals surface area contributed by atoms with Crippen LogP contribution in [0.5, 0.6) is 0 Å². The topological polar surface area (TPSA) is 59.0 Å². The summed E-state index contributed by atoms with van der Waals surface area (Å²) in [7, 11) is 0. The van der Waals surface area contributed by atoms with Gasteiger partial charge in [-0.25, -0.2) is 18.6 Å². The lowest BCUT2D eigenvalue weighted by molar-refractivity contribution is 0.251. The van der Waals surface area contributed by atoms with Crippen LogP contribution >= 0.6 is 0 Å². The Morgan fingerprint density at radius 2 is 1.80 bits per heavy atom. The molecule has 0 aliphatic carbocycles. The number of aryl methyl sites for hydroxylation is 1. The number of anilines is 1. The zero-order chi connectivity index (χ0) is 21.1. The van der Waals surface area contributed by atoms with E-state index in [-0.39, 0.29) is 11.6 Å². The molecule has 0 aliphatic heterocycles. The molecule has 0 bridgehead atoms. The summed E-state index contributed by atoms with van der Waals surface area (Å²) in [5.74, 6) is 0.00734. The maximum Gasteiger partial charge on any atom is 0.319 e. The van der Waals surface area contributed by atoms with Crippen LogP contribution in [0, 0.1) is 18.6 Å². The molecule has 0 saturated carbocycles. The van der Waals surface area contributed by atoms with Gasteiger partial charge < -0.3 is 15.2 Å². The fourth-order valence-electron chi connectivity index (χ4n) is 3.25. The Morgan fingerprint density at radius 3 is 2.57 bits per heavy atom. The maximum atomic E-state index is 13.6. The normalized spacial score (nSPS) is 10.9. The maximum absolute atomic E-state index is 13.6. The summed E-state index contributed by atoms with van der Waals surface area (Å²) in [6.07, 6.45) is 0. The van der Waals surface area contributed by atoms with E-state index < -0.39 is 6.03 Å². The average molecular weight is 406 g/mol. The van der Waals surface area contributed by atoms with Crippen LogP contribution in [-0.4, -0.2) is 22.1 Å². The van der Waals surface area contributed by atoms with Gasteiger partial charge in [0.2, 0.25) is 0 Å². The van der Waals surface area contributed by atoms with E-state index in [1.54, 1.807) is 31.2 Å². The van der Waals surface area contributed by atoms with Crippen LogP contribution in [0.25, 0.3) is 22.4 Å². The molecule has 0 unspecified atom stereocenters. The van der Waals surface area contributed by atoms with E-state index in [1.165, 1.54) is 18.2 Å². The number of nitrogens with zero attached hydrogens (tertiary/aromatic N) is 2. The molecule has 3 aromatic carbocycles. The smallest absolute Gasteiger partial charge is 0.319 e. The molecular weight excluding hydrogens is 386 g/mol. The first-order chi connectivity index (χ1) is 14.5. The highest BCUT2D eigenvalue weighted by molar-refractivity contribution is 5.89. The lowest BCUT2D eigenvalue weighted by atomic mass is 10.2. The van der Waals surface area contributed by atoms with Crippen molar-refractivity contribution < 1.29 is 13.6 Å². The van der Waals surface area contributed by atoms with Crippen molar-refractivity contribution in [2.45, 2.75) is 13.5 Å². The number of halogens is 2. The van der Waals surface area contributed by atoms with Gasteiger partial charge in [-0.1, -0.05) is 18.2 Å². The van der Waals surface area contributed by atoms with Crippen LogP contribution in [0.2, 0.25) is 0 Å². The predicted octanol–water partition coefficient (Wildman–Crippen LogP) is 5.11. The van der Waals surface area contributed by atoms with Gasteiger partial charge in [0.15, 0.2) is 0 Å². The van der Waals surface area contributed by atoms with E-state index in [9.17, 15) is 13.6 Å². The number of imidazole rings is 1. The minimum atomic E-state index is -0.425. The van der Waals surface area contributed by atoms with Crippen molar-refractivity contribution in [3.63, 3.8) is 0 Å². The van der Waals surface area contributed by atoms with E-state index in [2.05, 4.69) is 15.6 Å². The number of para-hydroxylation sites is 2. The first-order valence-electron chi connectivity index (χ1n) is 9.53. The number of fused-ring (bicyclic) bond motifs is 1. The summed E-state index contributed by atoms with van der Waals surface area (Å²) in [5.41, 5.74) is 3.42. The minimum absolute atomic E-state index is 0.313. The first kappa shape index (κ1) is 19.6. The van der Waals surface area contributed by atoms with Crippen molar-refractivity contribution in [2.75, 3.05) is 11.9 Å². The fourth-order valence-corrected chi connectivity index (χ4v) is 3.25. The number of urea groups is 1. The van der Waals surface area contributed by atoms with E-state index in [0.717, 1.165) is 16.6 Å². The number of carbonyl (C=O) groups excluding carboxylic acids is 1. The molecule has 0 spiro atoms. The highest BCUT2D eigenvalue weighted by Crippen LogP contribution is 2.25. The molecule has 4 aromatic rings. The zero-order valence-corrected chi connectivity index (χ0v) is 16.3. The Balaban J connectivity index is 1.49. The van der Waals surface area contributed by atoms with Crippen LogP contribution in [0.15, 0.2) is 66.7 Å². The van der Waals surface area contributed by atoms with Gasteiger partial charge in [-0.2, -0.15) is 0 Å². The van der Waals surface area contributed by atoms with Crippen LogP contribution in [-0.2, 0) is 6.54 Å². The fraction of sp³-hybridized carbons (Fsp3) is 0.130. The molecule has 0 saturated heterocycles. The Kier molecular flexibility index (Phi) is 5.43. The molecule has 0 aliphatic rings. The first-order valence-corrected chi connectivity index (χ1v) is 9.53. The monoisotopic (exact) mass is 406 g/mol. The number of nitrogens with one attached hydrogen (secondary N) is 2. The second kappa shape index (κ2) is 8.32. The predicted molar refractivity (Wildman–Crippen MR) is 113 cm³/mol. The van der Waals surface area contributed by atoms with Gasteiger partial charge in [-0.15, -0.1) is 0 Å². The van der Waals surface area contributed by atoms with Gasteiger partial charge in [0.25, 0.3) is 0 Å². The van der Waals surface area contributed by atoms with Crippen molar-refractivity contribution in [2.24, 2.45) is 0 Å². The summed E-state index contributed by atoms with van der Waals surface area (Å²) in [6, 6.07) is 17.9. The Hall–Kier alpha value is -3.74. The molecular formula is C23H20F2N4O. The average Bonchev–Trinajstić information content (AvgIpc) is 3.10. The van der Waals surface area contributed by atoms with Gasteiger partial charge in [0.1, 0.15) is 17.5 Å². The van der Waals surface area contributed by atoms with Crippen molar-refractivity contribution in [3.05, 3.63) is 83.9 Å². The molecule has 1 heterocycles. The van der Waals surface area contributed by atoms with Gasteiger partial charge in [0.05, 0.1) is 11.0 Å². The Bertz CT molecular complexity index is 1200. The van der Waals surface area contributed by atoms with Crippen molar-refractivity contribution in [3.8, 4) is 11.4 Å². The van der Waals surface area contributed by atoms with Crippen molar-refractivity contribution >= 4 is 22.8 Å². The van der Waals surface area contributed by atoms with E-state index in [0.29, 0.717) is 30.2 Å². The lowest BCUT2D eigenvalue weighted by Crippen LogP contribution is -2.31. The Labute approximate surface area is 172 Å². The third-order valence-corrected chi connectivity index (χ3v) is 4.81. The van der Waals surface area contributed by atoms with Gasteiger partial charge in [-0.05, 0) is 61.0 Å². The summed E-state index contributed by atoms with van der Waals surface area (Å²) in [5, 5.41) is 5.40.